The van der Waals surface area contributed by atoms with Crippen molar-refractivity contribution in [1.82, 2.24) is 15.3 Å². The summed E-state index contributed by atoms with van der Waals surface area (Å²) in [6, 6.07) is 6.89. The van der Waals surface area contributed by atoms with Crippen LogP contribution in [0.1, 0.15) is 20.8 Å². The molecule has 1 aromatic heterocycles. The summed E-state index contributed by atoms with van der Waals surface area (Å²) in [5, 5.41) is 5.52. The molecule has 2 amide bonds. The Morgan fingerprint density at radius 1 is 1.27 bits per heavy atom. The lowest BCUT2D eigenvalue weighted by Crippen LogP contribution is -2.46. The van der Waals surface area contributed by atoms with Crippen molar-refractivity contribution in [2.24, 2.45) is 5.92 Å². The second-order valence-corrected chi connectivity index (χ2v) is 5.46. The Hall–Kier alpha value is -2.63. The van der Waals surface area contributed by atoms with Crippen LogP contribution in [0.5, 0.6) is 0 Å². The largest absolute Gasteiger partial charge is 0.345 e. The number of carbonyl (C=O) groups is 2. The lowest BCUT2D eigenvalue weighted by Gasteiger charge is -2.21. The van der Waals surface area contributed by atoms with E-state index in [4.69, 9.17) is 0 Å². The second-order valence-electron chi connectivity index (χ2n) is 5.46. The van der Waals surface area contributed by atoms with E-state index in [2.05, 4.69) is 20.6 Å². The summed E-state index contributed by atoms with van der Waals surface area (Å²) in [4.78, 5) is 30.6. The zero-order chi connectivity index (χ0) is 16.1. The first kappa shape index (κ1) is 15.8. The minimum Gasteiger partial charge on any atom is -0.345 e. The predicted octanol–water partition coefficient (Wildman–Crippen LogP) is 2.18. The Morgan fingerprint density at radius 3 is 2.64 bits per heavy atom. The number of anilines is 1. The number of hydrogen-bond donors (Lipinski definition) is 3. The van der Waals surface area contributed by atoms with Crippen molar-refractivity contribution in [3.05, 3.63) is 36.8 Å². The molecule has 1 heterocycles. The topological polar surface area (TPSA) is 86.9 Å². The van der Waals surface area contributed by atoms with Crippen molar-refractivity contribution in [3.8, 4) is 11.3 Å². The number of rotatable bonds is 5. The molecule has 0 bridgehead atoms. The maximum absolute atomic E-state index is 12.3. The van der Waals surface area contributed by atoms with E-state index in [-0.39, 0.29) is 17.7 Å². The van der Waals surface area contributed by atoms with Gasteiger partial charge >= 0.3 is 0 Å². The fraction of sp³-hybridized carbons (Fsp3) is 0.312. The zero-order valence-corrected chi connectivity index (χ0v) is 12.9. The maximum atomic E-state index is 12.3. The number of imidazole rings is 1. The minimum absolute atomic E-state index is 0.000287. The molecule has 22 heavy (non-hydrogen) atoms. The van der Waals surface area contributed by atoms with Gasteiger partial charge in [-0.05, 0) is 18.1 Å². The van der Waals surface area contributed by atoms with Gasteiger partial charge in [0, 0.05) is 18.2 Å². The standard InChI is InChI=1S/C16H20N4O2/c1-10(2)15(19-11(3)21)16(22)20-13-6-4-5-12(7-13)14-8-17-9-18-14/h4-10,15H,1-3H3,(H,17,18)(H,19,21)(H,20,22). The molecular formula is C16H20N4O2. The molecule has 0 saturated heterocycles. The smallest absolute Gasteiger partial charge is 0.247 e. The molecule has 0 aliphatic carbocycles. The highest BCUT2D eigenvalue weighted by molar-refractivity contribution is 5.97. The lowest BCUT2D eigenvalue weighted by molar-refractivity contribution is -0.126. The molecule has 0 fully saturated rings. The van der Waals surface area contributed by atoms with Crippen molar-refractivity contribution in [3.63, 3.8) is 0 Å². The fourth-order valence-electron chi connectivity index (χ4n) is 2.15. The monoisotopic (exact) mass is 300 g/mol. The van der Waals surface area contributed by atoms with E-state index >= 15 is 0 Å². The van der Waals surface area contributed by atoms with Crippen molar-refractivity contribution in [2.45, 2.75) is 26.8 Å². The predicted molar refractivity (Wildman–Crippen MR) is 85.1 cm³/mol. The SMILES string of the molecule is CC(=O)NC(C(=O)Nc1cccc(-c2cnc[nH]2)c1)C(C)C. The quantitative estimate of drug-likeness (QED) is 0.791. The summed E-state index contributed by atoms with van der Waals surface area (Å²) in [5.41, 5.74) is 2.47. The Bertz CT molecular complexity index is 650. The molecule has 116 valence electrons. The van der Waals surface area contributed by atoms with Crippen LogP contribution in [0.25, 0.3) is 11.3 Å². The van der Waals surface area contributed by atoms with Gasteiger partial charge in [-0.15, -0.1) is 0 Å². The molecule has 1 aromatic carbocycles. The molecule has 6 nitrogen and oxygen atoms in total. The minimum atomic E-state index is -0.562. The van der Waals surface area contributed by atoms with Gasteiger partial charge in [-0.25, -0.2) is 4.98 Å². The lowest BCUT2D eigenvalue weighted by atomic mass is 10.0. The van der Waals surface area contributed by atoms with Gasteiger partial charge in [-0.1, -0.05) is 26.0 Å². The van der Waals surface area contributed by atoms with Crippen LogP contribution < -0.4 is 10.6 Å². The Morgan fingerprint density at radius 2 is 2.05 bits per heavy atom. The van der Waals surface area contributed by atoms with Crippen LogP contribution in [-0.2, 0) is 9.59 Å². The van der Waals surface area contributed by atoms with Gasteiger partial charge in [-0.3, -0.25) is 9.59 Å². The number of nitrogens with zero attached hydrogens (tertiary/aromatic N) is 1. The average molecular weight is 300 g/mol. The first-order valence-electron chi connectivity index (χ1n) is 7.14. The van der Waals surface area contributed by atoms with Crippen LogP contribution in [0.4, 0.5) is 5.69 Å². The van der Waals surface area contributed by atoms with Crippen LogP contribution in [0.3, 0.4) is 0 Å². The Balaban J connectivity index is 2.14. The van der Waals surface area contributed by atoms with E-state index in [0.717, 1.165) is 11.3 Å². The molecular weight excluding hydrogens is 280 g/mol. The number of H-pyrrole nitrogens is 1. The third kappa shape index (κ3) is 3.94. The average Bonchev–Trinajstić information content (AvgIpc) is 2.98. The number of aromatic nitrogens is 2. The molecule has 6 heteroatoms. The molecule has 2 aromatic rings. The highest BCUT2D eigenvalue weighted by atomic mass is 16.2. The molecule has 0 spiro atoms. The zero-order valence-electron chi connectivity index (χ0n) is 12.9. The third-order valence-corrected chi connectivity index (χ3v) is 3.25. The van der Waals surface area contributed by atoms with Crippen LogP contribution in [0.15, 0.2) is 36.8 Å². The van der Waals surface area contributed by atoms with E-state index in [1.54, 1.807) is 12.5 Å². The van der Waals surface area contributed by atoms with Gasteiger partial charge in [0.05, 0.1) is 18.2 Å². The first-order chi connectivity index (χ1) is 10.5. The van der Waals surface area contributed by atoms with Gasteiger partial charge < -0.3 is 15.6 Å². The molecule has 0 radical (unpaired) electrons. The summed E-state index contributed by atoms with van der Waals surface area (Å²) < 4.78 is 0. The number of aromatic amines is 1. The number of hydrogen-bond acceptors (Lipinski definition) is 3. The summed E-state index contributed by atoms with van der Waals surface area (Å²) in [7, 11) is 0. The molecule has 3 N–H and O–H groups in total. The fourth-order valence-corrected chi connectivity index (χ4v) is 2.15. The van der Waals surface area contributed by atoms with E-state index in [1.165, 1.54) is 6.92 Å². The third-order valence-electron chi connectivity index (χ3n) is 3.25. The van der Waals surface area contributed by atoms with Crippen molar-refractivity contribution >= 4 is 17.5 Å². The summed E-state index contributed by atoms with van der Waals surface area (Å²) in [6.07, 6.45) is 3.32. The molecule has 1 unspecified atom stereocenters. The maximum Gasteiger partial charge on any atom is 0.247 e. The molecule has 1 atom stereocenters. The van der Waals surface area contributed by atoms with Crippen molar-refractivity contribution in [1.29, 1.82) is 0 Å². The van der Waals surface area contributed by atoms with Gasteiger partial charge in [0.1, 0.15) is 6.04 Å². The summed E-state index contributed by atoms with van der Waals surface area (Å²) in [6.45, 7) is 5.18. The van der Waals surface area contributed by atoms with Crippen molar-refractivity contribution < 1.29 is 9.59 Å². The van der Waals surface area contributed by atoms with Gasteiger partial charge in [0.2, 0.25) is 11.8 Å². The van der Waals surface area contributed by atoms with Gasteiger partial charge in [-0.2, -0.15) is 0 Å². The van der Waals surface area contributed by atoms with E-state index in [9.17, 15) is 9.59 Å². The number of carbonyl (C=O) groups excluding carboxylic acids is 2. The summed E-state index contributed by atoms with van der Waals surface area (Å²) >= 11 is 0. The first-order valence-corrected chi connectivity index (χ1v) is 7.14. The molecule has 0 aliphatic rings. The van der Waals surface area contributed by atoms with E-state index < -0.39 is 6.04 Å². The number of amides is 2. The second kappa shape index (κ2) is 6.89. The Labute approximate surface area is 129 Å². The normalized spacial score (nSPS) is 12.0. The van der Waals surface area contributed by atoms with Crippen LogP contribution in [-0.4, -0.2) is 27.8 Å². The number of benzene rings is 1. The molecule has 0 saturated carbocycles. The highest BCUT2D eigenvalue weighted by Crippen LogP contribution is 2.20. The van der Waals surface area contributed by atoms with E-state index in [1.807, 2.05) is 38.1 Å². The van der Waals surface area contributed by atoms with E-state index in [0.29, 0.717) is 5.69 Å². The number of nitrogens with one attached hydrogen (secondary N) is 3. The highest BCUT2D eigenvalue weighted by Gasteiger charge is 2.23. The van der Waals surface area contributed by atoms with Crippen molar-refractivity contribution in [2.75, 3.05) is 5.32 Å². The summed E-state index contributed by atoms with van der Waals surface area (Å²) in [5.74, 6) is -0.452. The molecule has 0 aliphatic heterocycles. The van der Waals surface area contributed by atoms with Gasteiger partial charge in [0.25, 0.3) is 0 Å². The van der Waals surface area contributed by atoms with Crippen LogP contribution in [0, 0.1) is 5.92 Å². The van der Waals surface area contributed by atoms with Crippen LogP contribution >= 0.6 is 0 Å². The Kier molecular flexibility index (Phi) is 4.93. The van der Waals surface area contributed by atoms with Gasteiger partial charge in [0.15, 0.2) is 0 Å². The van der Waals surface area contributed by atoms with Crippen LogP contribution in [0.2, 0.25) is 0 Å². The molecule has 2 rings (SSSR count).